The Bertz CT molecular complexity index is 816. The molecular weight excluding hydrogens is 316 g/mol. The number of benzene rings is 2. The van der Waals surface area contributed by atoms with E-state index in [0.29, 0.717) is 13.2 Å². The predicted octanol–water partition coefficient (Wildman–Crippen LogP) is 2.91. The smallest absolute Gasteiger partial charge is 0.254 e. The Kier molecular flexibility index (Phi) is 4.74. The lowest BCUT2D eigenvalue weighted by Crippen LogP contribution is -2.38. The van der Waals surface area contributed by atoms with Crippen molar-refractivity contribution in [2.45, 2.75) is 26.8 Å². The van der Waals surface area contributed by atoms with Gasteiger partial charge in [0.1, 0.15) is 18.4 Å². The van der Waals surface area contributed by atoms with Gasteiger partial charge in [-0.3, -0.25) is 9.59 Å². The van der Waals surface area contributed by atoms with Crippen molar-refractivity contribution in [1.82, 2.24) is 5.32 Å². The van der Waals surface area contributed by atoms with E-state index in [0.717, 1.165) is 28.1 Å². The molecule has 0 radical (unpaired) electrons. The van der Waals surface area contributed by atoms with Crippen molar-refractivity contribution in [3.8, 4) is 5.75 Å². The summed E-state index contributed by atoms with van der Waals surface area (Å²) in [5, 5.41) is 2.75. The number of aryl methyl sites for hydroxylation is 2. The van der Waals surface area contributed by atoms with Gasteiger partial charge in [0, 0.05) is 12.5 Å². The van der Waals surface area contributed by atoms with Gasteiger partial charge in [0.25, 0.3) is 5.91 Å². The highest BCUT2D eigenvalue weighted by Gasteiger charge is 2.38. The van der Waals surface area contributed by atoms with Gasteiger partial charge in [0.05, 0.1) is 12.2 Å². The monoisotopic (exact) mass is 338 g/mol. The fraction of sp³-hybridized carbons (Fsp3) is 0.300. The first-order chi connectivity index (χ1) is 12.0. The van der Waals surface area contributed by atoms with E-state index in [1.165, 1.54) is 6.92 Å². The van der Waals surface area contributed by atoms with Crippen LogP contribution in [0.3, 0.4) is 0 Å². The van der Waals surface area contributed by atoms with Gasteiger partial charge >= 0.3 is 0 Å². The van der Waals surface area contributed by atoms with Crippen LogP contribution < -0.4 is 15.0 Å². The SMILES string of the molecule is CC(=O)N[C@H]1C(=O)N(CCOc2ccccc2C)c2c(C)cccc21. The molecule has 0 saturated heterocycles. The van der Waals surface area contributed by atoms with Crippen molar-refractivity contribution in [3.05, 3.63) is 59.2 Å². The molecule has 1 N–H and O–H groups in total. The largest absolute Gasteiger partial charge is 0.491 e. The minimum Gasteiger partial charge on any atom is -0.491 e. The molecule has 1 aliphatic heterocycles. The number of carbonyl (C=O) groups is 2. The summed E-state index contributed by atoms with van der Waals surface area (Å²) in [6, 6.07) is 12.9. The third kappa shape index (κ3) is 3.36. The number of carbonyl (C=O) groups excluding carboxylic acids is 2. The second-order valence-electron chi connectivity index (χ2n) is 6.25. The summed E-state index contributed by atoms with van der Waals surface area (Å²) in [6.07, 6.45) is 0. The lowest BCUT2D eigenvalue weighted by atomic mass is 10.1. The molecule has 0 aliphatic carbocycles. The average Bonchev–Trinajstić information content (AvgIpc) is 2.83. The Morgan fingerprint density at radius 3 is 2.56 bits per heavy atom. The van der Waals surface area contributed by atoms with Gasteiger partial charge in [0.2, 0.25) is 5.91 Å². The van der Waals surface area contributed by atoms with Gasteiger partial charge in [0.15, 0.2) is 0 Å². The minimum absolute atomic E-state index is 0.118. The average molecular weight is 338 g/mol. The molecule has 0 fully saturated rings. The first-order valence-corrected chi connectivity index (χ1v) is 8.35. The summed E-state index contributed by atoms with van der Waals surface area (Å²) in [5.74, 6) is 0.481. The highest BCUT2D eigenvalue weighted by molar-refractivity contribution is 6.06. The van der Waals surface area contributed by atoms with E-state index in [9.17, 15) is 9.59 Å². The molecule has 0 unspecified atom stereocenters. The summed E-state index contributed by atoms with van der Waals surface area (Å²) in [4.78, 5) is 26.0. The summed E-state index contributed by atoms with van der Waals surface area (Å²) in [5.41, 5.74) is 3.79. The van der Waals surface area contributed by atoms with E-state index in [1.807, 2.05) is 56.3 Å². The Hall–Kier alpha value is -2.82. The zero-order valence-corrected chi connectivity index (χ0v) is 14.7. The van der Waals surface area contributed by atoms with Crippen LogP contribution in [0.1, 0.15) is 29.7 Å². The number of rotatable bonds is 5. The summed E-state index contributed by atoms with van der Waals surface area (Å²) in [6.45, 7) is 6.20. The highest BCUT2D eigenvalue weighted by atomic mass is 16.5. The fourth-order valence-electron chi connectivity index (χ4n) is 3.21. The maximum atomic E-state index is 12.8. The number of hydrogen-bond donors (Lipinski definition) is 1. The number of fused-ring (bicyclic) bond motifs is 1. The highest BCUT2D eigenvalue weighted by Crippen LogP contribution is 2.38. The number of anilines is 1. The second kappa shape index (κ2) is 6.97. The first-order valence-electron chi connectivity index (χ1n) is 8.35. The van der Waals surface area contributed by atoms with Crippen LogP contribution in [0.25, 0.3) is 0 Å². The lowest BCUT2D eigenvalue weighted by molar-refractivity contribution is -0.126. The van der Waals surface area contributed by atoms with Crippen LogP contribution >= 0.6 is 0 Å². The van der Waals surface area contributed by atoms with Crippen molar-refractivity contribution >= 4 is 17.5 Å². The summed E-state index contributed by atoms with van der Waals surface area (Å²) < 4.78 is 5.84. The Morgan fingerprint density at radius 2 is 1.84 bits per heavy atom. The minimum atomic E-state index is -0.620. The molecule has 2 aromatic carbocycles. The molecule has 5 nitrogen and oxygen atoms in total. The number of ether oxygens (including phenoxy) is 1. The van der Waals surface area contributed by atoms with Gasteiger partial charge in [-0.25, -0.2) is 0 Å². The van der Waals surface area contributed by atoms with E-state index in [4.69, 9.17) is 4.74 Å². The van der Waals surface area contributed by atoms with E-state index in [-0.39, 0.29) is 11.8 Å². The Labute approximate surface area is 147 Å². The normalized spacial score (nSPS) is 15.9. The topological polar surface area (TPSA) is 58.6 Å². The second-order valence-corrected chi connectivity index (χ2v) is 6.25. The Balaban J connectivity index is 1.78. The molecule has 130 valence electrons. The maximum absolute atomic E-state index is 12.8. The number of hydrogen-bond acceptors (Lipinski definition) is 3. The van der Waals surface area contributed by atoms with Gasteiger partial charge in [-0.05, 0) is 31.0 Å². The van der Waals surface area contributed by atoms with Crippen molar-refractivity contribution < 1.29 is 14.3 Å². The number of nitrogens with one attached hydrogen (secondary N) is 1. The number of amides is 2. The quantitative estimate of drug-likeness (QED) is 0.912. The number of para-hydroxylation sites is 2. The van der Waals surface area contributed by atoms with Crippen molar-refractivity contribution in [1.29, 1.82) is 0 Å². The molecule has 0 spiro atoms. The maximum Gasteiger partial charge on any atom is 0.254 e. The van der Waals surface area contributed by atoms with Crippen LogP contribution in [0.15, 0.2) is 42.5 Å². The molecule has 3 rings (SSSR count). The molecular formula is C20H22N2O3. The number of nitrogens with zero attached hydrogens (tertiary/aromatic N) is 1. The zero-order valence-electron chi connectivity index (χ0n) is 14.7. The molecule has 25 heavy (non-hydrogen) atoms. The third-order valence-corrected chi connectivity index (χ3v) is 4.38. The van der Waals surface area contributed by atoms with Crippen LogP contribution in [0, 0.1) is 13.8 Å². The van der Waals surface area contributed by atoms with Crippen molar-refractivity contribution in [2.24, 2.45) is 0 Å². The van der Waals surface area contributed by atoms with Crippen LogP contribution in [0.2, 0.25) is 0 Å². The molecule has 0 saturated carbocycles. The molecule has 0 bridgehead atoms. The third-order valence-electron chi connectivity index (χ3n) is 4.38. The van der Waals surface area contributed by atoms with Gasteiger partial charge in [-0.2, -0.15) is 0 Å². The van der Waals surface area contributed by atoms with E-state index in [2.05, 4.69) is 5.32 Å². The van der Waals surface area contributed by atoms with E-state index in [1.54, 1.807) is 4.90 Å². The molecule has 2 aromatic rings. The summed E-state index contributed by atoms with van der Waals surface area (Å²) in [7, 11) is 0. The van der Waals surface area contributed by atoms with Crippen molar-refractivity contribution in [2.75, 3.05) is 18.1 Å². The molecule has 1 heterocycles. The van der Waals surface area contributed by atoms with Crippen LogP contribution in [-0.4, -0.2) is 25.0 Å². The molecule has 0 aromatic heterocycles. The van der Waals surface area contributed by atoms with Crippen LogP contribution in [0.5, 0.6) is 5.75 Å². The van der Waals surface area contributed by atoms with Crippen LogP contribution in [0.4, 0.5) is 5.69 Å². The summed E-state index contributed by atoms with van der Waals surface area (Å²) >= 11 is 0. The first kappa shape index (κ1) is 17.0. The fourth-order valence-corrected chi connectivity index (χ4v) is 3.21. The van der Waals surface area contributed by atoms with Gasteiger partial charge < -0.3 is 15.0 Å². The standard InChI is InChI=1S/C20H22N2O3/c1-13-7-4-5-10-17(13)25-12-11-22-19-14(2)8-6-9-16(19)18(20(22)24)21-15(3)23/h4-10,18H,11-12H2,1-3H3,(H,21,23)/t18-/m1/s1. The predicted molar refractivity (Wildman–Crippen MR) is 96.8 cm³/mol. The van der Waals surface area contributed by atoms with E-state index >= 15 is 0 Å². The molecule has 1 aliphatic rings. The molecule has 1 atom stereocenters. The molecule has 2 amide bonds. The zero-order chi connectivity index (χ0) is 18.0. The Morgan fingerprint density at radius 1 is 1.12 bits per heavy atom. The van der Waals surface area contributed by atoms with Gasteiger partial charge in [-0.1, -0.05) is 36.4 Å². The van der Waals surface area contributed by atoms with Crippen LogP contribution in [-0.2, 0) is 9.59 Å². The van der Waals surface area contributed by atoms with E-state index < -0.39 is 6.04 Å². The van der Waals surface area contributed by atoms with Crippen molar-refractivity contribution in [3.63, 3.8) is 0 Å². The van der Waals surface area contributed by atoms with Gasteiger partial charge in [-0.15, -0.1) is 0 Å². The molecule has 5 heteroatoms. The lowest BCUT2D eigenvalue weighted by Gasteiger charge is -2.20.